The van der Waals surface area contributed by atoms with Gasteiger partial charge in [-0.15, -0.1) is 11.3 Å². The van der Waals surface area contributed by atoms with Crippen molar-refractivity contribution >= 4 is 23.2 Å². The number of carbonyl (C=O) groups excluding carboxylic acids is 2. The molecule has 0 fully saturated rings. The van der Waals surface area contributed by atoms with Crippen LogP contribution in [0, 0.1) is 0 Å². The van der Waals surface area contributed by atoms with Crippen LogP contribution in [-0.2, 0) is 11.2 Å². The van der Waals surface area contributed by atoms with Crippen LogP contribution >= 0.6 is 11.3 Å². The molecule has 2 N–H and O–H groups in total. The molecular formula is C19H22F2N2O4S. The summed E-state index contributed by atoms with van der Waals surface area (Å²) in [4.78, 5) is 24.2. The normalized spacial score (nSPS) is 10.6. The second kappa shape index (κ2) is 11.2. The highest BCUT2D eigenvalue weighted by Gasteiger charge is 2.11. The molecule has 2 amide bonds. The number of ether oxygens (including phenoxy) is 2. The quantitative estimate of drug-likeness (QED) is 0.556. The minimum atomic E-state index is -2.94. The van der Waals surface area contributed by atoms with Crippen molar-refractivity contribution in [2.75, 3.05) is 20.2 Å². The van der Waals surface area contributed by atoms with Gasteiger partial charge in [0.1, 0.15) is 0 Å². The highest BCUT2D eigenvalue weighted by atomic mass is 32.1. The largest absolute Gasteiger partial charge is 0.493 e. The molecule has 0 unspecified atom stereocenters. The summed E-state index contributed by atoms with van der Waals surface area (Å²) in [6.07, 6.45) is 1.27. The molecule has 1 aromatic carbocycles. The molecule has 0 spiro atoms. The van der Waals surface area contributed by atoms with Gasteiger partial charge in [0.05, 0.1) is 12.0 Å². The summed E-state index contributed by atoms with van der Waals surface area (Å²) in [6.45, 7) is -2.17. The van der Waals surface area contributed by atoms with E-state index in [0.717, 1.165) is 5.56 Å². The van der Waals surface area contributed by atoms with Gasteiger partial charge in [-0.05, 0) is 42.0 Å². The third kappa shape index (κ3) is 7.15. The predicted octanol–water partition coefficient (Wildman–Crippen LogP) is 3.23. The van der Waals surface area contributed by atoms with Gasteiger partial charge in [0.2, 0.25) is 5.91 Å². The van der Waals surface area contributed by atoms with E-state index in [0.29, 0.717) is 30.8 Å². The predicted molar refractivity (Wildman–Crippen MR) is 102 cm³/mol. The van der Waals surface area contributed by atoms with Crippen molar-refractivity contribution in [2.45, 2.75) is 25.9 Å². The van der Waals surface area contributed by atoms with E-state index in [4.69, 9.17) is 4.74 Å². The maximum absolute atomic E-state index is 12.4. The van der Waals surface area contributed by atoms with Crippen molar-refractivity contribution in [2.24, 2.45) is 0 Å². The van der Waals surface area contributed by atoms with Crippen molar-refractivity contribution < 1.29 is 27.8 Å². The number of amides is 2. The monoisotopic (exact) mass is 412 g/mol. The fourth-order valence-electron chi connectivity index (χ4n) is 2.45. The number of hydrogen-bond acceptors (Lipinski definition) is 5. The lowest BCUT2D eigenvalue weighted by atomic mass is 10.1. The number of benzene rings is 1. The number of carbonyl (C=O) groups is 2. The van der Waals surface area contributed by atoms with Gasteiger partial charge < -0.3 is 20.1 Å². The number of thiophene rings is 1. The Morgan fingerprint density at radius 1 is 1.14 bits per heavy atom. The number of methoxy groups -OCH3 is 1. The summed E-state index contributed by atoms with van der Waals surface area (Å²) in [5.74, 6) is -0.0971. The molecule has 0 bridgehead atoms. The number of hydrogen-bond donors (Lipinski definition) is 2. The summed E-state index contributed by atoms with van der Waals surface area (Å²) < 4.78 is 34.3. The highest BCUT2D eigenvalue weighted by Crippen LogP contribution is 2.29. The zero-order chi connectivity index (χ0) is 20.4. The van der Waals surface area contributed by atoms with E-state index in [9.17, 15) is 18.4 Å². The molecule has 0 saturated heterocycles. The third-order valence-corrected chi connectivity index (χ3v) is 4.66. The topological polar surface area (TPSA) is 76.7 Å². The van der Waals surface area contributed by atoms with Crippen LogP contribution in [0.25, 0.3) is 0 Å². The standard InChI is InChI=1S/C19H22F2N2O4S/c1-26-14-7-6-13(12-15(14)27-19(20)21)8-10-22-17(24)5-2-9-23-18(25)16-4-3-11-28-16/h3-4,6-7,11-12,19H,2,5,8-10H2,1H3,(H,22,24)(H,23,25). The Bertz CT molecular complexity index is 769. The second-order valence-corrected chi connectivity index (χ2v) is 6.75. The Morgan fingerprint density at radius 2 is 1.96 bits per heavy atom. The molecule has 0 aliphatic rings. The van der Waals surface area contributed by atoms with Crippen LogP contribution in [0.15, 0.2) is 35.7 Å². The smallest absolute Gasteiger partial charge is 0.387 e. The molecule has 2 rings (SSSR count). The molecule has 1 heterocycles. The Morgan fingerprint density at radius 3 is 2.64 bits per heavy atom. The minimum Gasteiger partial charge on any atom is -0.493 e. The van der Waals surface area contributed by atoms with Crippen molar-refractivity contribution in [1.29, 1.82) is 0 Å². The van der Waals surface area contributed by atoms with Gasteiger partial charge >= 0.3 is 6.61 Å². The van der Waals surface area contributed by atoms with Crippen molar-refractivity contribution in [3.8, 4) is 11.5 Å². The van der Waals surface area contributed by atoms with E-state index in [-0.39, 0.29) is 29.7 Å². The number of rotatable bonds is 11. The van der Waals surface area contributed by atoms with E-state index >= 15 is 0 Å². The highest BCUT2D eigenvalue weighted by molar-refractivity contribution is 7.12. The first kappa shape index (κ1) is 21.6. The molecule has 0 radical (unpaired) electrons. The summed E-state index contributed by atoms with van der Waals surface area (Å²) in [7, 11) is 1.37. The fourth-order valence-corrected chi connectivity index (χ4v) is 3.09. The van der Waals surface area contributed by atoms with Gasteiger partial charge in [-0.1, -0.05) is 12.1 Å². The van der Waals surface area contributed by atoms with Crippen molar-refractivity contribution in [3.63, 3.8) is 0 Å². The summed E-state index contributed by atoms with van der Waals surface area (Å²) in [5.41, 5.74) is 0.736. The van der Waals surface area contributed by atoms with E-state index in [1.165, 1.54) is 24.5 Å². The first-order chi connectivity index (χ1) is 13.5. The Hall–Kier alpha value is -2.68. The van der Waals surface area contributed by atoms with E-state index in [1.807, 2.05) is 5.38 Å². The summed E-state index contributed by atoms with van der Waals surface area (Å²) in [5, 5.41) is 7.35. The lowest BCUT2D eigenvalue weighted by Crippen LogP contribution is -2.28. The van der Waals surface area contributed by atoms with Gasteiger partial charge in [-0.3, -0.25) is 9.59 Å². The van der Waals surface area contributed by atoms with Gasteiger partial charge in [0, 0.05) is 19.5 Å². The van der Waals surface area contributed by atoms with Gasteiger partial charge in [0.25, 0.3) is 5.91 Å². The van der Waals surface area contributed by atoms with Gasteiger partial charge in [-0.25, -0.2) is 0 Å². The molecule has 9 heteroatoms. The average molecular weight is 412 g/mol. The molecule has 0 aliphatic carbocycles. The third-order valence-electron chi connectivity index (χ3n) is 3.79. The van der Waals surface area contributed by atoms with E-state index in [1.54, 1.807) is 24.3 Å². The maximum atomic E-state index is 12.4. The summed E-state index contributed by atoms with van der Waals surface area (Å²) in [6, 6.07) is 8.29. The molecule has 1 aromatic heterocycles. The van der Waals surface area contributed by atoms with Crippen LogP contribution in [-0.4, -0.2) is 38.6 Å². The van der Waals surface area contributed by atoms with Crippen LogP contribution in [0.2, 0.25) is 0 Å². The molecule has 0 aliphatic heterocycles. The first-order valence-electron chi connectivity index (χ1n) is 8.69. The maximum Gasteiger partial charge on any atom is 0.387 e. The first-order valence-corrected chi connectivity index (χ1v) is 9.57. The van der Waals surface area contributed by atoms with Crippen LogP contribution in [0.1, 0.15) is 28.1 Å². The number of nitrogens with one attached hydrogen (secondary N) is 2. The average Bonchev–Trinajstić information content (AvgIpc) is 3.20. The van der Waals surface area contributed by atoms with Gasteiger partial charge in [-0.2, -0.15) is 8.78 Å². The van der Waals surface area contributed by atoms with Crippen LogP contribution in [0.3, 0.4) is 0 Å². The zero-order valence-electron chi connectivity index (χ0n) is 15.4. The number of alkyl halides is 2. The van der Waals surface area contributed by atoms with E-state index < -0.39 is 6.61 Å². The molecule has 152 valence electrons. The minimum absolute atomic E-state index is 0.0391. The Labute approximate surface area is 165 Å². The van der Waals surface area contributed by atoms with E-state index in [2.05, 4.69) is 15.4 Å². The van der Waals surface area contributed by atoms with Crippen LogP contribution in [0.4, 0.5) is 8.78 Å². The molecule has 2 aromatic rings. The van der Waals surface area contributed by atoms with Crippen LogP contribution < -0.4 is 20.1 Å². The molecule has 0 atom stereocenters. The van der Waals surface area contributed by atoms with Crippen molar-refractivity contribution in [3.05, 3.63) is 46.2 Å². The summed E-state index contributed by atoms with van der Waals surface area (Å²) >= 11 is 1.36. The molecular weight excluding hydrogens is 390 g/mol. The van der Waals surface area contributed by atoms with Crippen LogP contribution in [0.5, 0.6) is 11.5 Å². The SMILES string of the molecule is COc1ccc(CCNC(=O)CCCNC(=O)c2cccs2)cc1OC(F)F. The Balaban J connectivity index is 1.67. The molecule has 28 heavy (non-hydrogen) atoms. The lowest BCUT2D eigenvalue weighted by molar-refractivity contribution is -0.121. The second-order valence-electron chi connectivity index (χ2n) is 5.80. The fraction of sp³-hybridized carbons (Fsp3) is 0.368. The number of halogens is 2. The lowest BCUT2D eigenvalue weighted by Gasteiger charge is -2.12. The Kier molecular flexibility index (Phi) is 8.67. The molecule has 0 saturated carbocycles. The zero-order valence-corrected chi connectivity index (χ0v) is 16.2. The molecule has 6 nitrogen and oxygen atoms in total. The van der Waals surface area contributed by atoms with Gasteiger partial charge in [0.15, 0.2) is 11.5 Å². The van der Waals surface area contributed by atoms with Crippen molar-refractivity contribution in [1.82, 2.24) is 10.6 Å².